The van der Waals surface area contributed by atoms with E-state index < -0.39 is 0 Å². The molecular weight excluding hydrogens is 939 g/mol. The van der Waals surface area contributed by atoms with Gasteiger partial charge in [0, 0.05) is 42.6 Å². The number of nitrogens with zero attached hydrogens (tertiary/aromatic N) is 3. The van der Waals surface area contributed by atoms with Crippen molar-refractivity contribution in [1.29, 1.82) is 0 Å². The number of aromatic nitrogens is 3. The zero-order valence-electron chi connectivity index (χ0n) is 42.3. The van der Waals surface area contributed by atoms with Crippen LogP contribution in [0, 0.1) is 23.7 Å². The second-order valence-corrected chi connectivity index (χ2v) is 23.5. The maximum Gasteiger partial charge on any atom is 0.151 e. The molecule has 0 amide bonds. The smallest absolute Gasteiger partial charge is 0.151 e. The van der Waals surface area contributed by atoms with E-state index in [-0.39, 0.29) is 24.4 Å². The lowest BCUT2D eigenvalue weighted by Gasteiger charge is -2.14. The Kier molecular flexibility index (Phi) is 26.3. The van der Waals surface area contributed by atoms with Gasteiger partial charge in [-0.2, -0.15) is 35.3 Å². The van der Waals surface area contributed by atoms with Crippen molar-refractivity contribution in [2.45, 2.75) is 151 Å². The summed E-state index contributed by atoms with van der Waals surface area (Å²) in [6, 6.07) is 33.9. The highest BCUT2D eigenvalue weighted by molar-refractivity contribution is 7.98. The molecule has 0 bridgehead atoms. The third-order valence-electron chi connectivity index (χ3n) is 14.6. The summed E-state index contributed by atoms with van der Waals surface area (Å²) < 4.78 is 0. The molecule has 12 heteroatoms. The highest BCUT2D eigenvalue weighted by Crippen LogP contribution is 2.32. The van der Waals surface area contributed by atoms with Crippen LogP contribution in [-0.4, -0.2) is 95.0 Å². The molecule has 3 aliphatic carbocycles. The van der Waals surface area contributed by atoms with Crippen molar-refractivity contribution in [2.24, 2.45) is 23.7 Å². The van der Waals surface area contributed by atoms with E-state index in [1.165, 1.54) is 98.7 Å². The molecule has 3 heterocycles. The number of anilines is 1. The molecule has 3 aromatic carbocycles. The number of likely N-dealkylation sites (tertiary alicyclic amines) is 1. The van der Waals surface area contributed by atoms with E-state index in [9.17, 15) is 20.4 Å². The van der Waals surface area contributed by atoms with Crippen LogP contribution >= 0.6 is 35.3 Å². The predicted molar refractivity (Wildman–Crippen MR) is 303 cm³/mol. The summed E-state index contributed by atoms with van der Waals surface area (Å²) in [4.78, 5) is 13.9. The summed E-state index contributed by atoms with van der Waals surface area (Å²) in [5, 5.41) is 39.2. The predicted octanol–water partition coefficient (Wildman–Crippen LogP) is 12.5. The zero-order chi connectivity index (χ0) is 49.9. The van der Waals surface area contributed by atoms with Crippen LogP contribution in [0.3, 0.4) is 0 Å². The topological polar surface area (TPSA) is 152 Å². The molecule has 5 aromatic rings. The largest absolute Gasteiger partial charge is 0.393 e. The SMILES string of the molecule is C=CC[C@H]1CCC[C@@H]1O.Nc1ncnc2cc(CN3C[C@H](CCCSCc4ccccc4)[C@@H](O)C3)[nH]c12.O[C@H]1CCC[C@@H]1CCCSCc1ccccc1.O[C@H]1CCC[C@@H]1CCCSCc1ccccc1. The van der Waals surface area contributed by atoms with Gasteiger partial charge < -0.3 is 31.1 Å². The number of H-pyrrole nitrogens is 1. The molecule has 9 nitrogen and oxygen atoms in total. The van der Waals surface area contributed by atoms with Gasteiger partial charge in [0.2, 0.25) is 0 Å². The highest BCUT2D eigenvalue weighted by Gasteiger charge is 2.31. The van der Waals surface area contributed by atoms with E-state index in [2.05, 4.69) is 117 Å². The minimum Gasteiger partial charge on any atom is -0.393 e. The lowest BCUT2D eigenvalue weighted by Crippen LogP contribution is -2.21. The normalized spacial score (nSPS) is 23.9. The number of fused-ring (bicyclic) bond motifs is 1. The van der Waals surface area contributed by atoms with Crippen LogP contribution in [-0.2, 0) is 23.8 Å². The van der Waals surface area contributed by atoms with Gasteiger partial charge in [0.1, 0.15) is 11.8 Å². The molecule has 4 fully saturated rings. The van der Waals surface area contributed by atoms with Crippen molar-refractivity contribution < 1.29 is 20.4 Å². The van der Waals surface area contributed by atoms with Crippen LogP contribution in [0.25, 0.3) is 11.0 Å². The lowest BCUT2D eigenvalue weighted by atomic mass is 10.0. The molecule has 0 radical (unpaired) electrons. The first kappa shape index (κ1) is 57.0. The zero-order valence-corrected chi connectivity index (χ0v) is 44.8. The summed E-state index contributed by atoms with van der Waals surface area (Å²) in [6.07, 6.45) is 21.6. The van der Waals surface area contributed by atoms with Gasteiger partial charge in [0.15, 0.2) is 5.82 Å². The maximum atomic E-state index is 10.5. The number of allylic oxidation sites excluding steroid dienone is 1. The average Bonchev–Trinajstić information content (AvgIpc) is 4.25. The Bertz CT molecular complexity index is 2100. The Morgan fingerprint density at radius 2 is 1.03 bits per heavy atom. The molecule has 0 unspecified atom stereocenters. The second kappa shape index (κ2) is 32.8. The summed E-state index contributed by atoms with van der Waals surface area (Å²) in [5.74, 6) is 9.40. The lowest BCUT2D eigenvalue weighted by molar-refractivity contribution is 0.127. The first-order chi connectivity index (χ1) is 34.7. The molecule has 388 valence electrons. The number of aromatic amines is 1. The first-order valence-corrected chi connectivity index (χ1v) is 30.2. The molecule has 71 heavy (non-hydrogen) atoms. The van der Waals surface area contributed by atoms with E-state index in [4.69, 9.17) is 5.73 Å². The second-order valence-electron chi connectivity index (χ2n) is 20.2. The highest BCUT2D eigenvalue weighted by atomic mass is 32.2. The molecule has 2 aromatic heterocycles. The van der Waals surface area contributed by atoms with Crippen LogP contribution in [0.5, 0.6) is 0 Å². The monoisotopic (exact) mass is 1020 g/mol. The van der Waals surface area contributed by atoms with Gasteiger partial charge in [-0.1, -0.05) is 116 Å². The number of thioether (sulfide) groups is 3. The molecule has 1 saturated heterocycles. The quantitative estimate of drug-likeness (QED) is 0.0290. The molecule has 9 rings (SSSR count). The molecule has 3 saturated carbocycles. The number of β-amino-alcohol motifs (C(OH)–C–C–N with tert-alkyl or cyclic N) is 1. The number of aliphatic hydroxyl groups is 4. The molecular formula is C59H85N5O4S3. The number of hydrogen-bond donors (Lipinski definition) is 6. The van der Waals surface area contributed by atoms with E-state index in [1.807, 2.05) is 47.4 Å². The van der Waals surface area contributed by atoms with Gasteiger partial charge in [-0.15, -0.1) is 6.58 Å². The Balaban J connectivity index is 0.000000166. The van der Waals surface area contributed by atoms with E-state index >= 15 is 0 Å². The minimum absolute atomic E-state index is 0.00544. The third-order valence-corrected chi connectivity index (χ3v) is 18.0. The first-order valence-electron chi connectivity index (χ1n) is 26.7. The van der Waals surface area contributed by atoms with Crippen molar-refractivity contribution >= 4 is 52.1 Å². The van der Waals surface area contributed by atoms with E-state index in [0.717, 1.165) is 97.9 Å². The fourth-order valence-electron chi connectivity index (χ4n) is 10.5. The van der Waals surface area contributed by atoms with Gasteiger partial charge in [-0.3, -0.25) is 4.90 Å². The molecule has 1 aliphatic heterocycles. The van der Waals surface area contributed by atoms with Gasteiger partial charge in [-0.05, 0) is 147 Å². The van der Waals surface area contributed by atoms with Crippen molar-refractivity contribution in [3.05, 3.63) is 138 Å². The number of nitrogens with one attached hydrogen (secondary N) is 1. The summed E-state index contributed by atoms with van der Waals surface area (Å²) >= 11 is 5.99. The van der Waals surface area contributed by atoms with Gasteiger partial charge in [0.25, 0.3) is 0 Å². The summed E-state index contributed by atoms with van der Waals surface area (Å²) in [5.41, 5.74) is 12.8. The number of nitrogen functional groups attached to an aromatic ring is 1. The van der Waals surface area contributed by atoms with Crippen LogP contribution in [0.4, 0.5) is 5.82 Å². The van der Waals surface area contributed by atoms with Crippen molar-refractivity contribution in [2.75, 3.05) is 36.1 Å². The number of benzene rings is 3. The van der Waals surface area contributed by atoms with E-state index in [0.29, 0.717) is 29.5 Å². The average molecular weight is 1020 g/mol. The summed E-state index contributed by atoms with van der Waals surface area (Å²) in [6.45, 7) is 6.07. The molecule has 7 N–H and O–H groups in total. The van der Waals surface area contributed by atoms with Crippen LogP contribution in [0.2, 0.25) is 0 Å². The van der Waals surface area contributed by atoms with Gasteiger partial charge >= 0.3 is 0 Å². The minimum atomic E-state index is -0.242. The molecule has 0 spiro atoms. The molecule has 4 aliphatic rings. The van der Waals surface area contributed by atoms with Crippen LogP contribution in [0.1, 0.15) is 125 Å². The Labute approximate surface area is 439 Å². The Morgan fingerprint density at radius 3 is 1.45 bits per heavy atom. The number of aliphatic hydroxyl groups excluding tert-OH is 4. The summed E-state index contributed by atoms with van der Waals surface area (Å²) in [7, 11) is 0. The van der Waals surface area contributed by atoms with Gasteiger partial charge in [-0.25, -0.2) is 9.97 Å². The standard InChI is InChI=1S/C21H27N5OS.2C15H22OS.C8H14O/c22-21-20-18(23-14-24-21)9-17(25-20)11-26-10-16(19(27)12-26)7-4-8-28-13-15-5-2-1-3-6-15;2*16-15-10-4-8-14(15)9-5-11-17-12-13-6-2-1-3-7-13;1-2-4-7-5-3-6-8(7)9/h1-3,5-6,9,14,16,19,25,27H,4,7-8,10-13H2,(H2,22,23,24);2*1-3,6-7,14-16H,4-5,8-12H2;2,7-9H,1,3-6H2/t16-,19-;2*14-,15+;7-,8-/m0110/s1. The van der Waals surface area contributed by atoms with Crippen LogP contribution < -0.4 is 5.73 Å². The fourth-order valence-corrected chi connectivity index (χ4v) is 13.4. The third kappa shape index (κ3) is 20.8. The van der Waals surface area contributed by atoms with Crippen molar-refractivity contribution in [3.8, 4) is 0 Å². The Hall–Kier alpha value is -3.33. The van der Waals surface area contributed by atoms with Gasteiger partial charge in [0.05, 0.1) is 29.9 Å². The number of rotatable bonds is 22. The maximum absolute atomic E-state index is 10.5. The molecule has 8 atom stereocenters. The van der Waals surface area contributed by atoms with Crippen molar-refractivity contribution in [1.82, 2.24) is 19.9 Å². The van der Waals surface area contributed by atoms with Crippen molar-refractivity contribution in [3.63, 3.8) is 0 Å². The Morgan fingerprint density at radius 1 is 0.577 bits per heavy atom. The number of nitrogens with two attached hydrogens (primary N) is 1. The fraction of sp³-hybridized carbons (Fsp3) is 0.559. The van der Waals surface area contributed by atoms with Crippen LogP contribution in [0.15, 0.2) is 116 Å². The number of hydrogen-bond acceptors (Lipinski definition) is 11. The van der Waals surface area contributed by atoms with E-state index in [1.54, 1.807) is 0 Å².